The number of hydrogen-bond donors (Lipinski definition) is 2. The highest BCUT2D eigenvalue weighted by atomic mass is 16.3. The summed E-state index contributed by atoms with van der Waals surface area (Å²) < 4.78 is 0. The van der Waals surface area contributed by atoms with Crippen molar-refractivity contribution in [3.63, 3.8) is 0 Å². The Kier molecular flexibility index (Phi) is 5.49. The van der Waals surface area contributed by atoms with Gasteiger partial charge < -0.3 is 15.3 Å². The molecule has 2 N–H and O–H groups in total. The normalized spacial score (nSPS) is 38.9. The summed E-state index contributed by atoms with van der Waals surface area (Å²) in [5.41, 5.74) is 0.417. The van der Waals surface area contributed by atoms with Crippen molar-refractivity contribution in [3.05, 3.63) is 0 Å². The van der Waals surface area contributed by atoms with Gasteiger partial charge in [0.1, 0.15) is 0 Å². The molecule has 4 atom stereocenters. The van der Waals surface area contributed by atoms with Crippen LogP contribution >= 0.6 is 0 Å². The Hall–Kier alpha value is -0.120. The lowest BCUT2D eigenvalue weighted by Gasteiger charge is -2.47. The SMILES string of the molecule is CCNC1C(CN2CCC(O)C(C)C2)CCCC1(C)C. The minimum Gasteiger partial charge on any atom is -0.393 e. The highest BCUT2D eigenvalue weighted by Crippen LogP contribution is 2.39. The summed E-state index contributed by atoms with van der Waals surface area (Å²) in [5.74, 6) is 1.19. The van der Waals surface area contributed by atoms with Crippen LogP contribution < -0.4 is 5.32 Å². The maximum atomic E-state index is 9.88. The van der Waals surface area contributed by atoms with Crippen LogP contribution in [-0.4, -0.2) is 48.3 Å². The Morgan fingerprint density at radius 2 is 2.05 bits per heavy atom. The first-order valence-electron chi connectivity index (χ1n) is 8.58. The fourth-order valence-electron chi connectivity index (χ4n) is 4.36. The van der Waals surface area contributed by atoms with E-state index in [2.05, 4.69) is 37.9 Å². The number of aliphatic hydroxyl groups is 1. The number of piperidine rings is 1. The molecule has 0 aromatic heterocycles. The van der Waals surface area contributed by atoms with Crippen LogP contribution in [0.1, 0.15) is 53.4 Å². The van der Waals surface area contributed by atoms with Crippen LogP contribution in [0, 0.1) is 17.3 Å². The molecule has 1 aliphatic heterocycles. The molecule has 2 fully saturated rings. The van der Waals surface area contributed by atoms with Gasteiger partial charge in [0.15, 0.2) is 0 Å². The van der Waals surface area contributed by atoms with Gasteiger partial charge in [0, 0.05) is 25.7 Å². The fraction of sp³-hybridized carbons (Fsp3) is 1.00. The molecule has 1 aliphatic carbocycles. The molecule has 1 heterocycles. The molecular formula is C17H34N2O. The molecule has 2 rings (SSSR count). The molecular weight excluding hydrogens is 248 g/mol. The van der Waals surface area contributed by atoms with Gasteiger partial charge in [-0.3, -0.25) is 0 Å². The number of aliphatic hydroxyl groups excluding tert-OH is 1. The summed E-state index contributed by atoms with van der Waals surface area (Å²) in [4.78, 5) is 2.59. The predicted octanol–water partition coefficient (Wildman–Crippen LogP) is 2.49. The van der Waals surface area contributed by atoms with Crippen molar-refractivity contribution < 1.29 is 5.11 Å². The number of likely N-dealkylation sites (tertiary alicyclic amines) is 1. The van der Waals surface area contributed by atoms with Crippen LogP contribution in [0.25, 0.3) is 0 Å². The highest BCUT2D eigenvalue weighted by Gasteiger charge is 2.39. The van der Waals surface area contributed by atoms with Gasteiger partial charge in [-0.2, -0.15) is 0 Å². The minimum absolute atomic E-state index is 0.0846. The predicted molar refractivity (Wildman–Crippen MR) is 84.8 cm³/mol. The van der Waals surface area contributed by atoms with Gasteiger partial charge in [-0.1, -0.05) is 34.1 Å². The molecule has 118 valence electrons. The first-order valence-corrected chi connectivity index (χ1v) is 8.58. The van der Waals surface area contributed by atoms with Crippen molar-refractivity contribution in [1.29, 1.82) is 0 Å². The summed E-state index contributed by atoms with van der Waals surface area (Å²) in [6.45, 7) is 13.7. The minimum atomic E-state index is -0.0846. The molecule has 3 heteroatoms. The fourth-order valence-corrected chi connectivity index (χ4v) is 4.36. The zero-order valence-corrected chi connectivity index (χ0v) is 13.9. The molecule has 0 amide bonds. The quantitative estimate of drug-likeness (QED) is 0.831. The molecule has 1 saturated heterocycles. The molecule has 0 aromatic carbocycles. The summed E-state index contributed by atoms with van der Waals surface area (Å²) in [7, 11) is 0. The lowest BCUT2D eigenvalue weighted by molar-refractivity contribution is 0.0129. The van der Waals surface area contributed by atoms with E-state index in [0.29, 0.717) is 17.4 Å². The van der Waals surface area contributed by atoms with Crippen molar-refractivity contribution in [2.24, 2.45) is 17.3 Å². The van der Waals surface area contributed by atoms with Crippen LogP contribution in [0.3, 0.4) is 0 Å². The Morgan fingerprint density at radius 1 is 1.30 bits per heavy atom. The maximum absolute atomic E-state index is 9.88. The third kappa shape index (κ3) is 3.75. The third-order valence-corrected chi connectivity index (χ3v) is 5.57. The summed E-state index contributed by atoms with van der Waals surface area (Å²) in [6.07, 6.45) is 4.93. The van der Waals surface area contributed by atoms with Gasteiger partial charge >= 0.3 is 0 Å². The second-order valence-corrected chi connectivity index (χ2v) is 7.77. The van der Waals surface area contributed by atoms with E-state index in [0.717, 1.165) is 32.0 Å². The monoisotopic (exact) mass is 282 g/mol. The average molecular weight is 282 g/mol. The lowest BCUT2D eigenvalue weighted by Crippen LogP contribution is -2.54. The van der Waals surface area contributed by atoms with E-state index in [9.17, 15) is 5.11 Å². The molecule has 0 aromatic rings. The number of nitrogens with zero attached hydrogens (tertiary/aromatic N) is 1. The zero-order valence-electron chi connectivity index (χ0n) is 13.9. The number of rotatable bonds is 4. The largest absolute Gasteiger partial charge is 0.393 e. The highest BCUT2D eigenvalue weighted by molar-refractivity contribution is 4.95. The molecule has 0 spiro atoms. The van der Waals surface area contributed by atoms with Gasteiger partial charge in [0.05, 0.1) is 6.10 Å². The van der Waals surface area contributed by atoms with Gasteiger partial charge in [-0.25, -0.2) is 0 Å². The van der Waals surface area contributed by atoms with Crippen molar-refractivity contribution in [3.8, 4) is 0 Å². The summed E-state index contributed by atoms with van der Waals surface area (Å²) in [5, 5.41) is 13.6. The summed E-state index contributed by atoms with van der Waals surface area (Å²) >= 11 is 0. The van der Waals surface area contributed by atoms with Crippen LogP contribution in [0.4, 0.5) is 0 Å². The van der Waals surface area contributed by atoms with Crippen molar-refractivity contribution in [1.82, 2.24) is 10.2 Å². The number of nitrogens with one attached hydrogen (secondary N) is 1. The molecule has 2 aliphatic rings. The third-order valence-electron chi connectivity index (χ3n) is 5.57. The number of hydrogen-bond acceptors (Lipinski definition) is 3. The van der Waals surface area contributed by atoms with Gasteiger partial charge in [-0.15, -0.1) is 0 Å². The molecule has 20 heavy (non-hydrogen) atoms. The Bertz CT molecular complexity index is 305. The van der Waals surface area contributed by atoms with Gasteiger partial charge in [0.25, 0.3) is 0 Å². The average Bonchev–Trinajstić information content (AvgIpc) is 2.38. The second-order valence-electron chi connectivity index (χ2n) is 7.77. The molecule has 0 bridgehead atoms. The summed E-state index contributed by atoms with van der Waals surface area (Å²) in [6, 6.07) is 0.642. The Labute approximate surface area is 125 Å². The van der Waals surface area contributed by atoms with Crippen molar-refractivity contribution in [2.45, 2.75) is 65.5 Å². The maximum Gasteiger partial charge on any atom is 0.0590 e. The van der Waals surface area contributed by atoms with E-state index in [1.165, 1.54) is 25.8 Å². The van der Waals surface area contributed by atoms with Crippen LogP contribution in [-0.2, 0) is 0 Å². The topological polar surface area (TPSA) is 35.5 Å². The van der Waals surface area contributed by atoms with Crippen LogP contribution in [0.5, 0.6) is 0 Å². The van der Waals surface area contributed by atoms with E-state index < -0.39 is 0 Å². The Morgan fingerprint density at radius 3 is 2.70 bits per heavy atom. The van der Waals surface area contributed by atoms with Crippen LogP contribution in [0.2, 0.25) is 0 Å². The molecule has 1 saturated carbocycles. The lowest BCUT2D eigenvalue weighted by atomic mass is 9.67. The Balaban J connectivity index is 1.96. The van der Waals surface area contributed by atoms with Gasteiger partial charge in [-0.05, 0) is 43.1 Å². The van der Waals surface area contributed by atoms with E-state index in [1.54, 1.807) is 0 Å². The van der Waals surface area contributed by atoms with Crippen LogP contribution in [0.15, 0.2) is 0 Å². The molecule has 0 radical (unpaired) electrons. The standard InChI is InChI=1S/C17H34N2O/c1-5-18-16-14(7-6-9-17(16,3)4)12-19-10-8-15(20)13(2)11-19/h13-16,18,20H,5-12H2,1-4H3. The van der Waals surface area contributed by atoms with E-state index in [1.807, 2.05) is 0 Å². The zero-order chi connectivity index (χ0) is 14.8. The van der Waals surface area contributed by atoms with E-state index in [4.69, 9.17) is 0 Å². The smallest absolute Gasteiger partial charge is 0.0590 e. The van der Waals surface area contributed by atoms with E-state index >= 15 is 0 Å². The first kappa shape index (κ1) is 16.3. The second kappa shape index (κ2) is 6.76. The first-order chi connectivity index (χ1) is 9.44. The molecule has 3 nitrogen and oxygen atoms in total. The van der Waals surface area contributed by atoms with Crippen molar-refractivity contribution in [2.75, 3.05) is 26.2 Å². The molecule has 4 unspecified atom stereocenters. The van der Waals surface area contributed by atoms with Gasteiger partial charge in [0.2, 0.25) is 0 Å². The van der Waals surface area contributed by atoms with Crippen molar-refractivity contribution >= 4 is 0 Å². The van der Waals surface area contributed by atoms with E-state index in [-0.39, 0.29) is 6.10 Å².